The van der Waals surface area contributed by atoms with Crippen LogP contribution in [-0.4, -0.2) is 24.2 Å². The van der Waals surface area contributed by atoms with Crippen LogP contribution in [0.3, 0.4) is 0 Å². The molecule has 42 heavy (non-hydrogen) atoms. The van der Waals surface area contributed by atoms with Gasteiger partial charge in [-0.1, -0.05) is 66.7 Å². The number of hydrogen-bond acceptors (Lipinski definition) is 3. The first kappa shape index (κ1) is 29.9. The molecule has 1 aromatic rings. The molecule has 0 aliphatic heterocycles. The van der Waals surface area contributed by atoms with E-state index in [2.05, 4.69) is 66.7 Å². The van der Waals surface area contributed by atoms with Crippen LogP contribution in [0.25, 0.3) is 5.57 Å². The number of methoxy groups -OCH3 is 1. The van der Waals surface area contributed by atoms with Crippen LogP contribution in [0.15, 0.2) is 30.3 Å². The van der Waals surface area contributed by atoms with E-state index in [1.54, 1.807) is 0 Å². The van der Waals surface area contributed by atoms with Crippen molar-refractivity contribution in [2.24, 2.45) is 62.6 Å². The summed E-state index contributed by atoms with van der Waals surface area (Å²) >= 11 is 0. The number of benzene rings is 1. The third kappa shape index (κ3) is 3.78. The lowest BCUT2D eigenvalue weighted by molar-refractivity contribution is -0.230. The number of esters is 1. The summed E-state index contributed by atoms with van der Waals surface area (Å²) in [6.45, 7) is 17.4. The van der Waals surface area contributed by atoms with Crippen LogP contribution in [-0.2, 0) is 9.53 Å². The first-order chi connectivity index (χ1) is 19.7. The predicted octanol–water partition coefficient (Wildman–Crippen LogP) is 9.29. The highest BCUT2D eigenvalue weighted by Gasteiger charge is 2.71. The van der Waals surface area contributed by atoms with E-state index < -0.39 is 11.4 Å². The number of carbonyl (C=O) groups excluding carboxylic acids is 1. The van der Waals surface area contributed by atoms with Crippen molar-refractivity contribution in [3.63, 3.8) is 0 Å². The zero-order valence-corrected chi connectivity index (χ0v) is 27.4. The van der Waals surface area contributed by atoms with Gasteiger partial charge in [-0.05, 0) is 138 Å². The van der Waals surface area contributed by atoms with Crippen molar-refractivity contribution >= 4 is 17.5 Å². The Morgan fingerprint density at radius 3 is 2.17 bits per heavy atom. The molecule has 5 aliphatic rings. The Labute approximate surface area is 254 Å². The maximum absolute atomic E-state index is 13.0. The van der Waals surface area contributed by atoms with Crippen molar-refractivity contribution in [2.75, 3.05) is 7.11 Å². The SMILES string of the molecule is COC(=O)c1ccc(C2=CCC3(C)C(CCC4(C)C3CCC3C5C(C(C)C)CCC5(C(=O)O)CCC34C)C2(C)C)cc1. The number of aliphatic carboxylic acids is 1. The molecule has 4 nitrogen and oxygen atoms in total. The van der Waals surface area contributed by atoms with Gasteiger partial charge in [0.2, 0.25) is 0 Å². The average molecular weight is 575 g/mol. The zero-order chi connectivity index (χ0) is 30.5. The van der Waals surface area contributed by atoms with Gasteiger partial charge < -0.3 is 9.84 Å². The lowest BCUT2D eigenvalue weighted by Crippen LogP contribution is -2.66. The Balaban J connectivity index is 1.35. The number of allylic oxidation sites excluding steroid dienone is 2. The molecule has 0 radical (unpaired) electrons. The van der Waals surface area contributed by atoms with Crippen LogP contribution in [0.1, 0.15) is 122 Å². The molecule has 9 unspecified atom stereocenters. The van der Waals surface area contributed by atoms with Gasteiger partial charge in [-0.15, -0.1) is 0 Å². The molecule has 0 spiro atoms. The highest BCUT2D eigenvalue weighted by molar-refractivity contribution is 5.90. The summed E-state index contributed by atoms with van der Waals surface area (Å²) in [4.78, 5) is 25.0. The molecular weight excluding hydrogens is 520 g/mol. The fourth-order valence-corrected chi connectivity index (χ4v) is 12.8. The Morgan fingerprint density at radius 2 is 1.55 bits per heavy atom. The topological polar surface area (TPSA) is 63.6 Å². The number of carbonyl (C=O) groups is 2. The van der Waals surface area contributed by atoms with Gasteiger partial charge >= 0.3 is 11.9 Å². The quantitative estimate of drug-likeness (QED) is 0.364. The fourth-order valence-electron chi connectivity index (χ4n) is 12.8. The third-order valence-corrected chi connectivity index (χ3v) is 15.0. The molecule has 6 rings (SSSR count). The maximum atomic E-state index is 13.0. The van der Waals surface area contributed by atoms with Gasteiger partial charge in [0.1, 0.15) is 0 Å². The van der Waals surface area contributed by atoms with Crippen molar-refractivity contribution in [3.8, 4) is 0 Å². The summed E-state index contributed by atoms with van der Waals surface area (Å²) < 4.78 is 4.93. The van der Waals surface area contributed by atoms with Gasteiger partial charge in [0.25, 0.3) is 0 Å². The van der Waals surface area contributed by atoms with Crippen LogP contribution in [0, 0.1) is 62.6 Å². The predicted molar refractivity (Wildman–Crippen MR) is 168 cm³/mol. The third-order valence-electron chi connectivity index (χ3n) is 15.0. The molecule has 230 valence electrons. The second-order valence-corrected chi connectivity index (χ2v) is 16.7. The van der Waals surface area contributed by atoms with Crippen LogP contribution >= 0.6 is 0 Å². The minimum Gasteiger partial charge on any atom is -0.481 e. The summed E-state index contributed by atoms with van der Waals surface area (Å²) in [5.74, 6) is 2.33. The summed E-state index contributed by atoms with van der Waals surface area (Å²) in [6.07, 6.45) is 12.4. The number of carboxylic acid groups (broad SMARTS) is 1. The number of carboxylic acids is 1. The average Bonchev–Trinajstić information content (AvgIpc) is 3.34. The number of rotatable bonds is 4. The van der Waals surface area contributed by atoms with Crippen molar-refractivity contribution in [2.45, 2.75) is 106 Å². The van der Waals surface area contributed by atoms with E-state index in [0.29, 0.717) is 41.1 Å². The van der Waals surface area contributed by atoms with Crippen molar-refractivity contribution in [1.29, 1.82) is 0 Å². The molecule has 4 fully saturated rings. The van der Waals surface area contributed by atoms with Crippen molar-refractivity contribution in [3.05, 3.63) is 41.5 Å². The molecule has 0 heterocycles. The summed E-state index contributed by atoms with van der Waals surface area (Å²) in [6, 6.07) is 8.01. The van der Waals surface area contributed by atoms with E-state index in [4.69, 9.17) is 4.74 Å². The summed E-state index contributed by atoms with van der Waals surface area (Å²) in [7, 11) is 1.43. The molecule has 0 saturated heterocycles. The van der Waals surface area contributed by atoms with Gasteiger partial charge in [-0.3, -0.25) is 4.79 Å². The van der Waals surface area contributed by atoms with Gasteiger partial charge in [0.05, 0.1) is 18.1 Å². The number of fused-ring (bicyclic) bond motifs is 7. The summed E-state index contributed by atoms with van der Waals surface area (Å²) in [5.41, 5.74) is 3.38. The molecular formula is C38H54O4. The van der Waals surface area contributed by atoms with Crippen LogP contribution < -0.4 is 0 Å². The number of ether oxygens (including phenoxy) is 1. The highest BCUT2D eigenvalue weighted by atomic mass is 16.5. The maximum Gasteiger partial charge on any atom is 0.337 e. The fraction of sp³-hybridized carbons (Fsp3) is 0.737. The molecule has 5 aliphatic carbocycles. The standard InChI is InChI=1S/C38H54O4/c1-23(2)26-15-20-38(33(40)41)22-21-36(6)28(31(26)38)13-14-30-35(5)18-16-27(24-9-11-25(12-10-24)32(39)42-8)34(3,4)29(35)17-19-37(30,36)7/h9-12,16,23,26,28-31H,13-15,17-22H2,1-8H3,(H,40,41). The minimum absolute atomic E-state index is 0.0259. The van der Waals surface area contributed by atoms with E-state index >= 15 is 0 Å². The Morgan fingerprint density at radius 1 is 0.857 bits per heavy atom. The smallest absolute Gasteiger partial charge is 0.337 e. The van der Waals surface area contributed by atoms with Gasteiger partial charge in [-0.2, -0.15) is 0 Å². The molecule has 4 heteroatoms. The molecule has 1 N–H and O–H groups in total. The molecule has 0 aromatic heterocycles. The largest absolute Gasteiger partial charge is 0.481 e. The van der Waals surface area contributed by atoms with Crippen molar-refractivity contribution in [1.82, 2.24) is 0 Å². The van der Waals surface area contributed by atoms with E-state index in [9.17, 15) is 14.7 Å². The molecule has 9 atom stereocenters. The lowest BCUT2D eigenvalue weighted by Gasteiger charge is -2.72. The monoisotopic (exact) mass is 574 g/mol. The second-order valence-electron chi connectivity index (χ2n) is 16.7. The number of hydrogen-bond donors (Lipinski definition) is 1. The van der Waals surface area contributed by atoms with E-state index in [1.165, 1.54) is 43.9 Å². The van der Waals surface area contributed by atoms with Crippen LogP contribution in [0.4, 0.5) is 0 Å². The minimum atomic E-state index is -0.507. The zero-order valence-electron chi connectivity index (χ0n) is 27.4. The van der Waals surface area contributed by atoms with E-state index in [1.807, 2.05) is 12.1 Å². The molecule has 0 amide bonds. The summed E-state index contributed by atoms with van der Waals surface area (Å²) in [5, 5.41) is 10.7. The Bertz CT molecular complexity index is 1290. The van der Waals surface area contributed by atoms with Gasteiger partial charge in [0, 0.05) is 0 Å². The second kappa shape index (κ2) is 9.70. The first-order valence-corrected chi connectivity index (χ1v) is 16.8. The van der Waals surface area contributed by atoms with Crippen molar-refractivity contribution < 1.29 is 19.4 Å². The lowest BCUT2D eigenvalue weighted by atomic mass is 9.32. The van der Waals surface area contributed by atoms with Crippen LogP contribution in [0.2, 0.25) is 0 Å². The molecule has 4 saturated carbocycles. The molecule has 0 bridgehead atoms. The highest BCUT2D eigenvalue weighted by Crippen LogP contribution is 2.77. The van der Waals surface area contributed by atoms with E-state index in [-0.39, 0.29) is 27.6 Å². The normalized spacial score (nSPS) is 43.8. The van der Waals surface area contributed by atoms with E-state index in [0.717, 1.165) is 32.1 Å². The Kier molecular flexibility index (Phi) is 6.92. The first-order valence-electron chi connectivity index (χ1n) is 16.8. The Hall–Kier alpha value is -2.10. The molecule has 1 aromatic carbocycles. The van der Waals surface area contributed by atoms with Crippen LogP contribution in [0.5, 0.6) is 0 Å². The van der Waals surface area contributed by atoms with Gasteiger partial charge in [0.15, 0.2) is 0 Å². The van der Waals surface area contributed by atoms with Gasteiger partial charge in [-0.25, -0.2) is 4.79 Å².